The molecule has 2 aromatic carbocycles. The van der Waals surface area contributed by atoms with Crippen LogP contribution in [0.5, 0.6) is 11.5 Å². The lowest BCUT2D eigenvalue weighted by Crippen LogP contribution is -2.00. The molecule has 2 aromatic rings. The van der Waals surface area contributed by atoms with Crippen molar-refractivity contribution in [2.45, 2.75) is 12.7 Å². The van der Waals surface area contributed by atoms with Gasteiger partial charge in [0.15, 0.2) is 6.10 Å². The van der Waals surface area contributed by atoms with E-state index >= 15 is 0 Å². The van der Waals surface area contributed by atoms with Gasteiger partial charge in [-0.2, -0.15) is 0 Å². The number of rotatable bonds is 6. The second kappa shape index (κ2) is 7.32. The van der Waals surface area contributed by atoms with Crippen LogP contribution < -0.4 is 9.47 Å². The molecule has 2 rings (SSSR count). The molecule has 0 saturated heterocycles. The zero-order valence-corrected chi connectivity index (χ0v) is 11.8. The van der Waals surface area contributed by atoms with Crippen molar-refractivity contribution in [3.8, 4) is 11.5 Å². The van der Waals surface area contributed by atoms with Gasteiger partial charge in [0.1, 0.15) is 18.1 Å². The number of ether oxygens (including phenoxy) is 2. The largest absolute Gasteiger partial charge is 0.497 e. The first-order valence-electron chi connectivity index (χ1n) is 6.60. The first kappa shape index (κ1) is 14.9. The number of aliphatic hydroxyl groups is 1. The van der Waals surface area contributed by atoms with Crippen LogP contribution in [0.1, 0.15) is 17.2 Å². The van der Waals surface area contributed by atoms with E-state index in [4.69, 9.17) is 16.0 Å². The van der Waals surface area contributed by atoms with E-state index < -0.39 is 6.10 Å². The zero-order valence-electron chi connectivity index (χ0n) is 11.8. The van der Waals surface area contributed by atoms with Crippen molar-refractivity contribution in [3.63, 3.8) is 0 Å². The maximum atomic E-state index is 9.70. The minimum absolute atomic E-state index is 0.0754. The molecular weight excluding hydrogens is 266 g/mol. The summed E-state index contributed by atoms with van der Waals surface area (Å²) in [4.78, 5) is 3.18. The third-order valence-corrected chi connectivity index (χ3v) is 3.09. The number of methoxy groups -OCH3 is 1. The molecule has 4 heteroatoms. The number of benzene rings is 2. The van der Waals surface area contributed by atoms with E-state index in [0.29, 0.717) is 6.61 Å². The quantitative estimate of drug-likeness (QED) is 0.828. The van der Waals surface area contributed by atoms with Gasteiger partial charge in [-0.3, -0.25) is 0 Å². The Hall–Kier alpha value is -2.51. The number of hydrogen-bond donors (Lipinski definition) is 1. The monoisotopic (exact) mass is 283 g/mol. The molecule has 0 fully saturated rings. The van der Waals surface area contributed by atoms with Crippen molar-refractivity contribution < 1.29 is 14.6 Å². The van der Waals surface area contributed by atoms with Crippen LogP contribution in [0.25, 0.3) is 4.85 Å². The van der Waals surface area contributed by atoms with E-state index in [0.717, 1.165) is 22.6 Å². The molecule has 0 aromatic heterocycles. The summed E-state index contributed by atoms with van der Waals surface area (Å²) in [7, 11) is 1.63. The smallest absolute Gasteiger partial charge is 0.244 e. The summed E-state index contributed by atoms with van der Waals surface area (Å²) in [6.07, 6.45) is -0.738. The normalized spacial score (nSPS) is 11.5. The third-order valence-electron chi connectivity index (χ3n) is 3.09. The molecule has 0 spiro atoms. The fourth-order valence-electron chi connectivity index (χ4n) is 1.87. The predicted octanol–water partition coefficient (Wildman–Crippen LogP) is 3.23. The van der Waals surface area contributed by atoms with Gasteiger partial charge in [-0.25, -0.2) is 6.57 Å². The molecule has 21 heavy (non-hydrogen) atoms. The molecule has 0 aliphatic heterocycles. The fourth-order valence-corrected chi connectivity index (χ4v) is 1.87. The second-order valence-electron chi connectivity index (χ2n) is 4.56. The summed E-state index contributed by atoms with van der Waals surface area (Å²) >= 11 is 0. The van der Waals surface area contributed by atoms with Crippen molar-refractivity contribution >= 4 is 0 Å². The first-order chi connectivity index (χ1) is 10.2. The Morgan fingerprint density at radius 2 is 1.67 bits per heavy atom. The number of hydrogen-bond acceptors (Lipinski definition) is 3. The highest BCUT2D eigenvalue weighted by Gasteiger charge is 2.09. The lowest BCUT2D eigenvalue weighted by molar-refractivity contribution is 0.195. The van der Waals surface area contributed by atoms with Crippen molar-refractivity contribution in [3.05, 3.63) is 71.1 Å². The summed E-state index contributed by atoms with van der Waals surface area (Å²) in [5.41, 5.74) is 1.77. The van der Waals surface area contributed by atoms with Gasteiger partial charge in [-0.05, 0) is 35.4 Å². The average Bonchev–Trinajstić information content (AvgIpc) is 2.54. The Kier molecular flexibility index (Phi) is 5.19. The molecule has 0 saturated carbocycles. The van der Waals surface area contributed by atoms with Crippen LogP contribution in [0.15, 0.2) is 48.5 Å². The van der Waals surface area contributed by atoms with Crippen molar-refractivity contribution in [2.75, 3.05) is 13.7 Å². The van der Waals surface area contributed by atoms with Crippen molar-refractivity contribution in [2.24, 2.45) is 0 Å². The Morgan fingerprint density at radius 1 is 1.05 bits per heavy atom. The maximum absolute atomic E-state index is 9.70. The fraction of sp³-hybridized carbons (Fsp3) is 0.235. The zero-order chi connectivity index (χ0) is 15.1. The highest BCUT2D eigenvalue weighted by Crippen LogP contribution is 2.19. The van der Waals surface area contributed by atoms with Crippen molar-refractivity contribution in [1.29, 1.82) is 0 Å². The minimum Gasteiger partial charge on any atom is -0.497 e. The highest BCUT2D eigenvalue weighted by molar-refractivity contribution is 5.30. The van der Waals surface area contributed by atoms with E-state index in [9.17, 15) is 5.11 Å². The van der Waals surface area contributed by atoms with Crippen molar-refractivity contribution in [1.82, 2.24) is 0 Å². The molecule has 4 nitrogen and oxygen atoms in total. The molecule has 1 atom stereocenters. The van der Waals surface area contributed by atoms with E-state index in [-0.39, 0.29) is 6.54 Å². The van der Waals surface area contributed by atoms with Gasteiger partial charge in [0.25, 0.3) is 0 Å². The molecule has 0 aliphatic carbocycles. The van der Waals surface area contributed by atoms with Gasteiger partial charge in [-0.1, -0.05) is 24.3 Å². The summed E-state index contributed by atoms with van der Waals surface area (Å²) in [5, 5.41) is 9.70. The molecule has 0 amide bonds. The lowest BCUT2D eigenvalue weighted by atomic mass is 10.1. The van der Waals surface area contributed by atoms with Crippen LogP contribution >= 0.6 is 0 Å². The predicted molar refractivity (Wildman–Crippen MR) is 80.2 cm³/mol. The van der Waals surface area contributed by atoms with Crippen LogP contribution in [-0.4, -0.2) is 18.8 Å². The SMILES string of the molecule is [C-]#[N+]CC(O)c1ccc(OCc2ccc(OC)cc2)cc1. The summed E-state index contributed by atoms with van der Waals surface area (Å²) in [6.45, 7) is 7.29. The first-order valence-corrected chi connectivity index (χ1v) is 6.60. The average molecular weight is 283 g/mol. The van der Waals surface area contributed by atoms with Crippen LogP contribution in [0.4, 0.5) is 0 Å². The number of nitrogens with zero attached hydrogens (tertiary/aromatic N) is 1. The third kappa shape index (κ3) is 4.23. The molecular formula is C17H17NO3. The Morgan fingerprint density at radius 3 is 2.24 bits per heavy atom. The van der Waals surface area contributed by atoms with E-state index in [1.165, 1.54) is 0 Å². The van der Waals surface area contributed by atoms with E-state index in [1.807, 2.05) is 24.3 Å². The molecule has 0 aliphatic rings. The topological polar surface area (TPSA) is 43.0 Å². The van der Waals surface area contributed by atoms with E-state index in [1.54, 1.807) is 31.4 Å². The molecule has 1 unspecified atom stereocenters. The molecule has 0 bridgehead atoms. The van der Waals surface area contributed by atoms with E-state index in [2.05, 4.69) is 4.85 Å². The van der Waals surface area contributed by atoms with Gasteiger partial charge in [0, 0.05) is 0 Å². The Balaban J connectivity index is 1.92. The second-order valence-corrected chi connectivity index (χ2v) is 4.56. The summed E-state index contributed by atoms with van der Waals surface area (Å²) < 4.78 is 10.8. The van der Waals surface area contributed by atoms with Crippen LogP contribution in [-0.2, 0) is 6.61 Å². The molecule has 0 radical (unpaired) electrons. The maximum Gasteiger partial charge on any atom is 0.244 e. The molecule has 1 N–H and O–H groups in total. The standard InChI is InChI=1S/C17H17NO3/c1-18-11-17(19)14-5-9-16(10-6-14)21-12-13-3-7-15(20-2)8-4-13/h3-10,17,19H,11-12H2,2H3. The Bertz CT molecular complexity index is 599. The summed E-state index contributed by atoms with van der Waals surface area (Å²) in [5.74, 6) is 1.54. The number of aliphatic hydroxyl groups excluding tert-OH is 1. The van der Waals surface area contributed by atoms with Crippen LogP contribution in [0, 0.1) is 6.57 Å². The molecule has 108 valence electrons. The van der Waals surface area contributed by atoms with Crippen LogP contribution in [0.2, 0.25) is 0 Å². The Labute approximate surface area is 124 Å². The van der Waals surface area contributed by atoms with Gasteiger partial charge in [0.05, 0.1) is 7.11 Å². The van der Waals surface area contributed by atoms with Gasteiger partial charge in [-0.15, -0.1) is 0 Å². The van der Waals surface area contributed by atoms with Gasteiger partial charge < -0.3 is 19.4 Å². The lowest BCUT2D eigenvalue weighted by Gasteiger charge is -2.09. The minimum atomic E-state index is -0.738. The van der Waals surface area contributed by atoms with Gasteiger partial charge in [0.2, 0.25) is 6.54 Å². The highest BCUT2D eigenvalue weighted by atomic mass is 16.5. The van der Waals surface area contributed by atoms with Crippen LogP contribution in [0.3, 0.4) is 0 Å². The molecule has 0 heterocycles. The van der Waals surface area contributed by atoms with Gasteiger partial charge >= 0.3 is 0 Å². The summed E-state index contributed by atoms with van der Waals surface area (Å²) in [6, 6.07) is 14.8.